The second-order valence-electron chi connectivity index (χ2n) is 5.33. The molecule has 0 aliphatic carbocycles. The monoisotopic (exact) mass is 212 g/mol. The zero-order valence-electron chi connectivity index (χ0n) is 9.98. The smallest absolute Gasteiger partial charge is 0.0636 e. The summed E-state index contributed by atoms with van der Waals surface area (Å²) in [6, 6.07) is 0.785. The zero-order valence-corrected chi connectivity index (χ0v) is 9.98. The molecule has 88 valence electrons. The Morgan fingerprint density at radius 3 is 2.67 bits per heavy atom. The van der Waals surface area contributed by atoms with E-state index in [1.54, 1.807) is 0 Å². The first kappa shape index (κ1) is 11.4. The molecule has 2 N–H and O–H groups in total. The standard InChI is InChI=1S/C12H24N2O/c1-9-3-5-14(7-10(9)2)12-8-15-6-4-11(12)13/h9-12H,3-8,13H2,1-2H3. The highest BCUT2D eigenvalue weighted by molar-refractivity contribution is 4.88. The van der Waals surface area contributed by atoms with E-state index in [0.29, 0.717) is 12.1 Å². The lowest BCUT2D eigenvalue weighted by atomic mass is 9.87. The van der Waals surface area contributed by atoms with Gasteiger partial charge < -0.3 is 10.5 Å². The molecule has 15 heavy (non-hydrogen) atoms. The predicted octanol–water partition coefficient (Wildman–Crippen LogP) is 1.08. The van der Waals surface area contributed by atoms with Crippen LogP contribution < -0.4 is 5.73 Å². The van der Waals surface area contributed by atoms with Crippen LogP contribution in [0, 0.1) is 11.8 Å². The molecule has 2 fully saturated rings. The van der Waals surface area contributed by atoms with Crippen molar-refractivity contribution in [1.82, 2.24) is 4.90 Å². The van der Waals surface area contributed by atoms with Crippen LogP contribution in [-0.4, -0.2) is 43.3 Å². The summed E-state index contributed by atoms with van der Waals surface area (Å²) in [4.78, 5) is 2.55. The highest BCUT2D eigenvalue weighted by Gasteiger charge is 2.32. The quantitative estimate of drug-likeness (QED) is 0.707. The Kier molecular flexibility index (Phi) is 3.65. The third kappa shape index (κ3) is 2.52. The minimum absolute atomic E-state index is 0.319. The van der Waals surface area contributed by atoms with Crippen LogP contribution in [0.25, 0.3) is 0 Å². The van der Waals surface area contributed by atoms with Crippen molar-refractivity contribution in [2.75, 3.05) is 26.3 Å². The van der Waals surface area contributed by atoms with Crippen LogP contribution >= 0.6 is 0 Å². The SMILES string of the molecule is CC1CCN(C2COCCC2N)CC1C. The van der Waals surface area contributed by atoms with Gasteiger partial charge >= 0.3 is 0 Å². The minimum Gasteiger partial charge on any atom is -0.380 e. The lowest BCUT2D eigenvalue weighted by molar-refractivity contribution is -0.0157. The summed E-state index contributed by atoms with van der Waals surface area (Å²) in [5.41, 5.74) is 6.17. The molecule has 0 aromatic heterocycles. The summed E-state index contributed by atoms with van der Waals surface area (Å²) in [5, 5.41) is 0. The van der Waals surface area contributed by atoms with Crippen LogP contribution in [0.3, 0.4) is 0 Å². The van der Waals surface area contributed by atoms with Gasteiger partial charge in [0.25, 0.3) is 0 Å². The van der Waals surface area contributed by atoms with E-state index < -0.39 is 0 Å². The fraction of sp³-hybridized carbons (Fsp3) is 1.00. The van der Waals surface area contributed by atoms with Crippen LogP contribution in [0.4, 0.5) is 0 Å². The average Bonchev–Trinajstić information content (AvgIpc) is 2.23. The third-order valence-corrected chi connectivity index (χ3v) is 4.21. The van der Waals surface area contributed by atoms with Gasteiger partial charge in [-0.1, -0.05) is 13.8 Å². The molecule has 3 heteroatoms. The Morgan fingerprint density at radius 1 is 1.20 bits per heavy atom. The van der Waals surface area contributed by atoms with Gasteiger partial charge in [-0.3, -0.25) is 4.90 Å². The maximum Gasteiger partial charge on any atom is 0.0636 e. The molecule has 4 unspecified atom stereocenters. The van der Waals surface area contributed by atoms with Gasteiger partial charge in [0.15, 0.2) is 0 Å². The van der Waals surface area contributed by atoms with Gasteiger partial charge in [0.2, 0.25) is 0 Å². The molecule has 0 aromatic carbocycles. The van der Waals surface area contributed by atoms with Crippen LogP contribution in [0.2, 0.25) is 0 Å². The van der Waals surface area contributed by atoms with E-state index in [-0.39, 0.29) is 0 Å². The molecule has 0 aromatic rings. The molecule has 0 amide bonds. The van der Waals surface area contributed by atoms with E-state index in [1.165, 1.54) is 19.5 Å². The van der Waals surface area contributed by atoms with E-state index in [0.717, 1.165) is 31.5 Å². The Bertz CT molecular complexity index is 210. The molecule has 3 nitrogen and oxygen atoms in total. The molecule has 2 saturated heterocycles. The van der Waals surface area contributed by atoms with E-state index in [1.807, 2.05) is 0 Å². The summed E-state index contributed by atoms with van der Waals surface area (Å²) < 4.78 is 5.55. The van der Waals surface area contributed by atoms with E-state index in [4.69, 9.17) is 10.5 Å². The van der Waals surface area contributed by atoms with Crippen LogP contribution in [0.1, 0.15) is 26.7 Å². The Labute approximate surface area is 93.0 Å². The first-order chi connectivity index (χ1) is 7.18. The molecule has 0 bridgehead atoms. The average molecular weight is 212 g/mol. The molecule has 0 radical (unpaired) electrons. The number of likely N-dealkylation sites (tertiary alicyclic amines) is 1. The molecule has 0 saturated carbocycles. The molecule has 2 aliphatic heterocycles. The maximum absolute atomic E-state index is 6.17. The van der Waals surface area contributed by atoms with Crippen molar-refractivity contribution in [2.24, 2.45) is 17.6 Å². The Balaban J connectivity index is 1.92. The van der Waals surface area contributed by atoms with Crippen molar-refractivity contribution in [3.63, 3.8) is 0 Å². The number of hydrogen-bond donors (Lipinski definition) is 1. The van der Waals surface area contributed by atoms with E-state index in [2.05, 4.69) is 18.7 Å². The van der Waals surface area contributed by atoms with Crippen molar-refractivity contribution in [3.05, 3.63) is 0 Å². The van der Waals surface area contributed by atoms with Gasteiger partial charge in [-0.2, -0.15) is 0 Å². The number of rotatable bonds is 1. The minimum atomic E-state index is 0.319. The van der Waals surface area contributed by atoms with Gasteiger partial charge in [0, 0.05) is 25.2 Å². The van der Waals surface area contributed by atoms with Gasteiger partial charge in [-0.15, -0.1) is 0 Å². The van der Waals surface area contributed by atoms with Crippen molar-refractivity contribution < 1.29 is 4.74 Å². The number of nitrogens with two attached hydrogens (primary N) is 1. The topological polar surface area (TPSA) is 38.5 Å². The lowest BCUT2D eigenvalue weighted by Gasteiger charge is -2.43. The van der Waals surface area contributed by atoms with Gasteiger partial charge in [-0.25, -0.2) is 0 Å². The van der Waals surface area contributed by atoms with Crippen LogP contribution in [0.15, 0.2) is 0 Å². The van der Waals surface area contributed by atoms with Crippen molar-refractivity contribution >= 4 is 0 Å². The molecule has 2 heterocycles. The van der Waals surface area contributed by atoms with Crippen molar-refractivity contribution in [1.29, 1.82) is 0 Å². The number of piperidine rings is 1. The van der Waals surface area contributed by atoms with E-state index >= 15 is 0 Å². The summed E-state index contributed by atoms with van der Waals surface area (Å²) in [6.45, 7) is 8.79. The van der Waals surface area contributed by atoms with Gasteiger partial charge in [0.1, 0.15) is 0 Å². The number of ether oxygens (including phenoxy) is 1. The molecule has 2 rings (SSSR count). The second-order valence-corrected chi connectivity index (χ2v) is 5.33. The van der Waals surface area contributed by atoms with Crippen molar-refractivity contribution in [2.45, 2.75) is 38.8 Å². The van der Waals surface area contributed by atoms with Crippen LogP contribution in [0.5, 0.6) is 0 Å². The Morgan fingerprint density at radius 2 is 2.00 bits per heavy atom. The normalized spacial score (nSPS) is 44.2. The van der Waals surface area contributed by atoms with Crippen molar-refractivity contribution in [3.8, 4) is 0 Å². The molecule has 4 atom stereocenters. The molecular formula is C12H24N2O. The summed E-state index contributed by atoms with van der Waals surface area (Å²) in [7, 11) is 0. The lowest BCUT2D eigenvalue weighted by Crippen LogP contribution is -2.56. The first-order valence-corrected chi connectivity index (χ1v) is 6.26. The highest BCUT2D eigenvalue weighted by atomic mass is 16.5. The molecular weight excluding hydrogens is 188 g/mol. The van der Waals surface area contributed by atoms with E-state index in [9.17, 15) is 0 Å². The molecule has 2 aliphatic rings. The third-order valence-electron chi connectivity index (χ3n) is 4.21. The second kappa shape index (κ2) is 4.81. The zero-order chi connectivity index (χ0) is 10.8. The Hall–Kier alpha value is -0.120. The molecule has 0 spiro atoms. The largest absolute Gasteiger partial charge is 0.380 e. The highest BCUT2D eigenvalue weighted by Crippen LogP contribution is 2.25. The first-order valence-electron chi connectivity index (χ1n) is 6.26. The number of hydrogen-bond acceptors (Lipinski definition) is 3. The predicted molar refractivity (Wildman–Crippen MR) is 61.7 cm³/mol. The van der Waals surface area contributed by atoms with Gasteiger partial charge in [-0.05, 0) is 31.2 Å². The summed E-state index contributed by atoms with van der Waals surface area (Å²) in [6.07, 6.45) is 2.33. The number of nitrogens with zero attached hydrogens (tertiary/aromatic N) is 1. The summed E-state index contributed by atoms with van der Waals surface area (Å²) >= 11 is 0. The summed E-state index contributed by atoms with van der Waals surface area (Å²) in [5.74, 6) is 1.66. The fourth-order valence-corrected chi connectivity index (χ4v) is 2.71. The van der Waals surface area contributed by atoms with Gasteiger partial charge in [0.05, 0.1) is 6.61 Å². The van der Waals surface area contributed by atoms with Crippen LogP contribution in [-0.2, 0) is 4.74 Å². The fourth-order valence-electron chi connectivity index (χ4n) is 2.71. The maximum atomic E-state index is 6.17.